The molecule has 1 aliphatic rings. The number of ketones is 1. The van der Waals surface area contributed by atoms with Crippen LogP contribution in [0.1, 0.15) is 39.0 Å². The first-order valence-corrected chi connectivity index (χ1v) is 10.1. The fraction of sp³-hybridized carbons (Fsp3) is 0.348. The Morgan fingerprint density at radius 2 is 1.84 bits per heavy atom. The molecule has 0 saturated carbocycles. The van der Waals surface area contributed by atoms with Gasteiger partial charge in [-0.05, 0) is 45.6 Å². The van der Waals surface area contributed by atoms with E-state index < -0.39 is 23.7 Å². The Morgan fingerprint density at radius 1 is 1.19 bits per heavy atom. The molecule has 32 heavy (non-hydrogen) atoms. The van der Waals surface area contributed by atoms with Crippen molar-refractivity contribution < 1.29 is 24.2 Å². The fourth-order valence-electron chi connectivity index (χ4n) is 3.65. The highest BCUT2D eigenvalue weighted by Crippen LogP contribution is 2.39. The number of ether oxygens (including phenoxy) is 1. The van der Waals surface area contributed by atoms with Gasteiger partial charge in [0.25, 0.3) is 11.7 Å². The Balaban J connectivity index is 2.16. The lowest BCUT2D eigenvalue weighted by atomic mass is 9.94. The van der Waals surface area contributed by atoms with Crippen molar-refractivity contribution >= 4 is 23.4 Å². The number of aliphatic hydroxyl groups excluding tert-OH is 1. The highest BCUT2D eigenvalue weighted by Gasteiger charge is 2.46. The highest BCUT2D eigenvalue weighted by atomic mass is 16.5. The summed E-state index contributed by atoms with van der Waals surface area (Å²) in [4.78, 5) is 49.4. The predicted octanol–water partition coefficient (Wildman–Crippen LogP) is 1.86. The summed E-state index contributed by atoms with van der Waals surface area (Å²) in [5.74, 6) is -1.76. The van der Waals surface area contributed by atoms with E-state index in [2.05, 4.69) is 9.97 Å². The first-order chi connectivity index (χ1) is 15.1. The SMILES string of the molecule is COC(=O)c1ccc([C@H]2/C(=C(\O)c3cnc(C)nc3C)C(=O)C(=O)N2CCN(C)C)cc1. The second-order valence-electron chi connectivity index (χ2n) is 7.83. The molecule has 1 N–H and O–H groups in total. The topological polar surface area (TPSA) is 113 Å². The van der Waals surface area contributed by atoms with Crippen LogP contribution in [0, 0.1) is 13.8 Å². The van der Waals surface area contributed by atoms with Gasteiger partial charge in [0.1, 0.15) is 11.6 Å². The number of aliphatic hydroxyl groups is 1. The summed E-state index contributed by atoms with van der Waals surface area (Å²) in [5.41, 5.74) is 1.67. The second-order valence-corrected chi connectivity index (χ2v) is 7.83. The highest BCUT2D eigenvalue weighted by molar-refractivity contribution is 6.46. The van der Waals surface area contributed by atoms with Crippen LogP contribution in [0.3, 0.4) is 0 Å². The van der Waals surface area contributed by atoms with Crippen LogP contribution in [0.4, 0.5) is 0 Å². The van der Waals surface area contributed by atoms with Gasteiger partial charge in [-0.15, -0.1) is 0 Å². The number of hydrogen-bond acceptors (Lipinski definition) is 8. The van der Waals surface area contributed by atoms with Crippen LogP contribution in [0.5, 0.6) is 0 Å². The Labute approximate surface area is 186 Å². The van der Waals surface area contributed by atoms with Crippen LogP contribution in [-0.2, 0) is 14.3 Å². The second kappa shape index (κ2) is 9.27. The molecule has 1 amide bonds. The minimum absolute atomic E-state index is 0.0323. The third-order valence-electron chi connectivity index (χ3n) is 5.33. The van der Waals surface area contributed by atoms with Gasteiger partial charge < -0.3 is 19.6 Å². The molecule has 3 rings (SSSR count). The number of Topliss-reactive ketones (excluding diaryl/α,β-unsaturated/α-hetero) is 1. The van der Waals surface area contributed by atoms with Crippen molar-refractivity contribution in [3.63, 3.8) is 0 Å². The number of nitrogens with zero attached hydrogens (tertiary/aromatic N) is 4. The largest absolute Gasteiger partial charge is 0.507 e. The molecule has 0 unspecified atom stereocenters. The number of benzene rings is 1. The van der Waals surface area contributed by atoms with Gasteiger partial charge in [0, 0.05) is 19.3 Å². The third-order valence-corrected chi connectivity index (χ3v) is 5.33. The zero-order chi connectivity index (χ0) is 23.6. The molecule has 1 aromatic carbocycles. The van der Waals surface area contributed by atoms with Gasteiger partial charge >= 0.3 is 5.97 Å². The maximum Gasteiger partial charge on any atom is 0.337 e. The summed E-state index contributed by atoms with van der Waals surface area (Å²) >= 11 is 0. The Kier molecular flexibility index (Phi) is 6.69. The molecule has 1 fully saturated rings. The lowest BCUT2D eigenvalue weighted by molar-refractivity contribution is -0.140. The smallest absolute Gasteiger partial charge is 0.337 e. The molecule has 0 spiro atoms. The molecule has 1 saturated heterocycles. The van der Waals surface area contributed by atoms with E-state index in [9.17, 15) is 19.5 Å². The van der Waals surface area contributed by atoms with Crippen molar-refractivity contribution in [3.8, 4) is 0 Å². The fourth-order valence-corrected chi connectivity index (χ4v) is 3.65. The Hall–Kier alpha value is -3.59. The number of aromatic nitrogens is 2. The molecule has 0 bridgehead atoms. The molecule has 1 aromatic heterocycles. The van der Waals surface area contributed by atoms with Crippen LogP contribution in [-0.4, -0.2) is 76.8 Å². The van der Waals surface area contributed by atoms with Crippen molar-refractivity contribution in [2.45, 2.75) is 19.9 Å². The van der Waals surface area contributed by atoms with Crippen LogP contribution in [0.2, 0.25) is 0 Å². The average molecular weight is 438 g/mol. The van der Waals surface area contributed by atoms with Crippen molar-refractivity contribution in [3.05, 3.63) is 64.2 Å². The Morgan fingerprint density at radius 3 is 2.41 bits per heavy atom. The van der Waals surface area contributed by atoms with E-state index in [0.717, 1.165) is 0 Å². The van der Waals surface area contributed by atoms with Gasteiger partial charge in [0.15, 0.2) is 0 Å². The first kappa shape index (κ1) is 23.1. The number of hydrogen-bond donors (Lipinski definition) is 1. The number of rotatable bonds is 6. The van der Waals surface area contributed by atoms with Crippen LogP contribution >= 0.6 is 0 Å². The van der Waals surface area contributed by atoms with E-state index in [4.69, 9.17) is 4.74 Å². The summed E-state index contributed by atoms with van der Waals surface area (Å²) < 4.78 is 4.74. The summed E-state index contributed by atoms with van der Waals surface area (Å²) in [7, 11) is 5.02. The monoisotopic (exact) mass is 438 g/mol. The number of amides is 1. The van der Waals surface area contributed by atoms with E-state index >= 15 is 0 Å². The number of likely N-dealkylation sites (N-methyl/N-ethyl adjacent to an activating group) is 1. The van der Waals surface area contributed by atoms with Crippen LogP contribution < -0.4 is 0 Å². The van der Waals surface area contributed by atoms with Gasteiger partial charge in [-0.2, -0.15) is 0 Å². The standard InChI is InChI=1S/C23H26N4O5/c1-13-17(12-24-14(2)25-13)20(28)18-19(15-6-8-16(9-7-15)23(31)32-5)27(11-10-26(3)4)22(30)21(18)29/h6-9,12,19,28H,10-11H2,1-5H3/b20-18+/t19-/m0/s1. The maximum absolute atomic E-state index is 13.0. The molecule has 2 aromatic rings. The number of likely N-dealkylation sites (tertiary alicyclic amines) is 1. The van der Waals surface area contributed by atoms with Crippen molar-refractivity contribution in [1.29, 1.82) is 0 Å². The van der Waals surface area contributed by atoms with Crippen LogP contribution in [0.15, 0.2) is 36.0 Å². The molecule has 0 aliphatic carbocycles. The van der Waals surface area contributed by atoms with Gasteiger partial charge in [-0.25, -0.2) is 14.8 Å². The summed E-state index contributed by atoms with van der Waals surface area (Å²) in [6.07, 6.45) is 1.44. The lowest BCUT2D eigenvalue weighted by Gasteiger charge is -2.26. The first-order valence-electron chi connectivity index (χ1n) is 10.1. The Bertz CT molecular complexity index is 1090. The van der Waals surface area contributed by atoms with Gasteiger partial charge in [0.2, 0.25) is 0 Å². The maximum atomic E-state index is 13.0. The zero-order valence-corrected chi connectivity index (χ0v) is 18.7. The molecular weight excluding hydrogens is 412 g/mol. The summed E-state index contributed by atoms with van der Waals surface area (Å²) in [6.45, 7) is 4.23. The molecule has 9 heteroatoms. The van der Waals surface area contributed by atoms with Crippen molar-refractivity contribution in [2.24, 2.45) is 0 Å². The number of methoxy groups -OCH3 is 1. The quantitative estimate of drug-likeness (QED) is 0.315. The molecule has 1 atom stereocenters. The summed E-state index contributed by atoms with van der Waals surface area (Å²) in [6, 6.07) is 5.61. The number of carbonyl (C=O) groups is 3. The minimum Gasteiger partial charge on any atom is -0.507 e. The summed E-state index contributed by atoms with van der Waals surface area (Å²) in [5, 5.41) is 11.1. The van der Waals surface area contributed by atoms with Crippen molar-refractivity contribution in [2.75, 3.05) is 34.3 Å². The number of esters is 1. The zero-order valence-electron chi connectivity index (χ0n) is 18.7. The predicted molar refractivity (Wildman–Crippen MR) is 117 cm³/mol. The van der Waals surface area contributed by atoms with Crippen molar-refractivity contribution in [1.82, 2.24) is 19.8 Å². The molecule has 2 heterocycles. The normalized spacial score (nSPS) is 17.8. The number of aryl methyl sites for hydroxylation is 2. The molecule has 0 radical (unpaired) electrons. The lowest BCUT2D eigenvalue weighted by Crippen LogP contribution is -2.35. The molecule has 168 valence electrons. The average Bonchev–Trinajstić information content (AvgIpc) is 3.01. The van der Waals surface area contributed by atoms with E-state index in [1.165, 1.54) is 18.2 Å². The molecular formula is C23H26N4O5. The molecule has 1 aliphatic heterocycles. The third kappa shape index (κ3) is 4.38. The van der Waals surface area contributed by atoms with E-state index in [0.29, 0.717) is 29.2 Å². The van der Waals surface area contributed by atoms with Gasteiger partial charge in [-0.1, -0.05) is 12.1 Å². The van der Waals surface area contributed by atoms with E-state index in [1.54, 1.807) is 38.1 Å². The van der Waals surface area contributed by atoms with Gasteiger partial charge in [0.05, 0.1) is 35.5 Å². The van der Waals surface area contributed by atoms with E-state index in [1.807, 2.05) is 19.0 Å². The number of carbonyl (C=O) groups excluding carboxylic acids is 3. The van der Waals surface area contributed by atoms with Crippen LogP contribution in [0.25, 0.3) is 5.76 Å². The minimum atomic E-state index is -0.817. The molecule has 9 nitrogen and oxygen atoms in total. The van der Waals surface area contributed by atoms with Gasteiger partial charge in [-0.3, -0.25) is 9.59 Å². The van der Waals surface area contributed by atoms with E-state index in [-0.39, 0.29) is 23.4 Å².